The number of carbonyl (C=O) groups excluding carboxylic acids is 1. The second-order valence-electron chi connectivity index (χ2n) is 6.99. The van der Waals surface area contributed by atoms with E-state index in [4.69, 9.17) is 9.47 Å². The predicted molar refractivity (Wildman–Crippen MR) is 112 cm³/mol. The van der Waals surface area contributed by atoms with Crippen LogP contribution in [0.4, 0.5) is 5.69 Å². The maximum Gasteiger partial charge on any atom is 0.282 e. The third kappa shape index (κ3) is 4.43. The van der Waals surface area contributed by atoms with Crippen LogP contribution in [0.1, 0.15) is 12.5 Å². The summed E-state index contributed by atoms with van der Waals surface area (Å²) in [4.78, 5) is 13.8. The normalized spacial score (nSPS) is 13.0. The standard InChI is InChI=1S/C23H26N2O3/c1-16(25(2)15-17-9-12-21(27-3)22(13-17)28-4)23(26)24-20-11-10-18-7-5-6-8-19(18)14-20/h5-14,16H,15H2,1-4H3,(H,24,26)/p+1/t16-/m1/s1. The molecule has 5 nitrogen and oxygen atoms in total. The first-order chi connectivity index (χ1) is 13.5. The van der Waals surface area contributed by atoms with Gasteiger partial charge in [-0.05, 0) is 48.0 Å². The minimum atomic E-state index is -0.209. The molecule has 0 spiro atoms. The van der Waals surface area contributed by atoms with Crippen LogP contribution in [0.2, 0.25) is 0 Å². The minimum Gasteiger partial charge on any atom is -0.493 e. The zero-order valence-corrected chi connectivity index (χ0v) is 16.8. The summed E-state index contributed by atoms with van der Waals surface area (Å²) < 4.78 is 10.6. The lowest BCUT2D eigenvalue weighted by Crippen LogP contribution is -3.12. The molecule has 28 heavy (non-hydrogen) atoms. The molecule has 0 radical (unpaired) electrons. The van der Waals surface area contributed by atoms with E-state index in [0.29, 0.717) is 18.0 Å². The molecule has 0 heterocycles. The van der Waals surface area contributed by atoms with Crippen molar-refractivity contribution in [1.29, 1.82) is 0 Å². The first-order valence-corrected chi connectivity index (χ1v) is 9.34. The summed E-state index contributed by atoms with van der Waals surface area (Å²) in [6, 6.07) is 19.7. The highest BCUT2D eigenvalue weighted by atomic mass is 16.5. The third-order valence-corrected chi connectivity index (χ3v) is 5.08. The number of methoxy groups -OCH3 is 2. The zero-order valence-electron chi connectivity index (χ0n) is 16.8. The van der Waals surface area contributed by atoms with Crippen molar-refractivity contribution in [2.45, 2.75) is 19.5 Å². The quantitative estimate of drug-likeness (QED) is 0.664. The summed E-state index contributed by atoms with van der Waals surface area (Å²) in [5.74, 6) is 1.39. The molecule has 0 saturated heterocycles. The minimum absolute atomic E-state index is 0.00624. The second kappa shape index (κ2) is 8.76. The van der Waals surface area contributed by atoms with Crippen molar-refractivity contribution in [2.24, 2.45) is 0 Å². The zero-order chi connectivity index (χ0) is 20.1. The van der Waals surface area contributed by atoms with E-state index in [9.17, 15) is 4.79 Å². The van der Waals surface area contributed by atoms with Crippen molar-refractivity contribution < 1.29 is 19.2 Å². The number of amides is 1. The molecule has 146 valence electrons. The lowest BCUT2D eigenvalue weighted by Gasteiger charge is -2.21. The topological polar surface area (TPSA) is 52.0 Å². The highest BCUT2D eigenvalue weighted by Gasteiger charge is 2.22. The van der Waals surface area contributed by atoms with E-state index in [-0.39, 0.29) is 11.9 Å². The number of ether oxygens (including phenoxy) is 2. The number of anilines is 1. The Kier molecular flexibility index (Phi) is 6.16. The van der Waals surface area contributed by atoms with Gasteiger partial charge in [0, 0.05) is 11.3 Å². The molecule has 5 heteroatoms. The Labute approximate surface area is 165 Å². The maximum absolute atomic E-state index is 12.7. The molecule has 3 aromatic rings. The van der Waals surface area contributed by atoms with Gasteiger partial charge in [-0.25, -0.2) is 0 Å². The first-order valence-electron chi connectivity index (χ1n) is 9.34. The van der Waals surface area contributed by atoms with E-state index in [2.05, 4.69) is 11.4 Å². The van der Waals surface area contributed by atoms with Gasteiger partial charge in [-0.1, -0.05) is 30.3 Å². The third-order valence-electron chi connectivity index (χ3n) is 5.08. The Bertz CT molecular complexity index is 971. The molecule has 2 N–H and O–H groups in total. The maximum atomic E-state index is 12.7. The van der Waals surface area contributed by atoms with Gasteiger partial charge in [0.15, 0.2) is 17.5 Å². The molecule has 1 unspecified atom stereocenters. The summed E-state index contributed by atoms with van der Waals surface area (Å²) >= 11 is 0. The SMILES string of the molecule is COc1ccc(C[NH+](C)[C@H](C)C(=O)Nc2ccc3ccccc3c2)cc1OC. The van der Waals surface area contributed by atoms with Crippen LogP contribution in [0.25, 0.3) is 10.8 Å². The van der Waals surface area contributed by atoms with Crippen LogP contribution >= 0.6 is 0 Å². The Morgan fingerprint density at radius 2 is 1.68 bits per heavy atom. The lowest BCUT2D eigenvalue weighted by atomic mass is 10.1. The molecule has 1 amide bonds. The highest BCUT2D eigenvalue weighted by Crippen LogP contribution is 2.27. The number of rotatable bonds is 7. The van der Waals surface area contributed by atoms with Gasteiger partial charge in [-0.15, -0.1) is 0 Å². The summed E-state index contributed by atoms with van der Waals surface area (Å²) in [6.45, 7) is 2.64. The Hall–Kier alpha value is -3.05. The molecule has 2 atom stereocenters. The number of nitrogens with one attached hydrogen (secondary N) is 2. The number of benzene rings is 3. The van der Waals surface area contributed by atoms with Gasteiger partial charge in [-0.2, -0.15) is 0 Å². The summed E-state index contributed by atoms with van der Waals surface area (Å²) in [5.41, 5.74) is 1.90. The molecule has 0 bridgehead atoms. The largest absolute Gasteiger partial charge is 0.493 e. The number of likely N-dealkylation sites (N-methyl/N-ethyl adjacent to an activating group) is 1. The molecular weight excluding hydrogens is 352 g/mol. The van der Waals surface area contributed by atoms with E-state index in [1.54, 1.807) is 14.2 Å². The van der Waals surface area contributed by atoms with E-state index in [0.717, 1.165) is 26.9 Å². The van der Waals surface area contributed by atoms with Crippen LogP contribution in [0.15, 0.2) is 60.7 Å². The first kappa shape index (κ1) is 19.7. The van der Waals surface area contributed by atoms with Gasteiger partial charge >= 0.3 is 0 Å². The molecule has 3 rings (SSSR count). The van der Waals surface area contributed by atoms with Crippen molar-refractivity contribution in [3.05, 3.63) is 66.2 Å². The highest BCUT2D eigenvalue weighted by molar-refractivity contribution is 5.96. The Morgan fingerprint density at radius 3 is 2.39 bits per heavy atom. The molecule has 0 aliphatic rings. The van der Waals surface area contributed by atoms with Crippen molar-refractivity contribution in [2.75, 3.05) is 26.6 Å². The van der Waals surface area contributed by atoms with Gasteiger partial charge < -0.3 is 19.7 Å². The number of fused-ring (bicyclic) bond motifs is 1. The van der Waals surface area contributed by atoms with Gasteiger partial charge in [0.05, 0.1) is 21.3 Å². The predicted octanol–water partition coefficient (Wildman–Crippen LogP) is 2.90. The molecule has 0 aromatic heterocycles. The van der Waals surface area contributed by atoms with Crippen LogP contribution in [-0.4, -0.2) is 33.2 Å². The summed E-state index contributed by atoms with van der Waals surface area (Å²) in [6.07, 6.45) is 0. The Morgan fingerprint density at radius 1 is 0.964 bits per heavy atom. The van der Waals surface area contributed by atoms with Gasteiger partial charge in [0.2, 0.25) is 0 Å². The van der Waals surface area contributed by atoms with Gasteiger partial charge in [0.25, 0.3) is 5.91 Å². The number of hydrogen-bond acceptors (Lipinski definition) is 3. The number of hydrogen-bond donors (Lipinski definition) is 2. The fourth-order valence-corrected chi connectivity index (χ4v) is 3.21. The van der Waals surface area contributed by atoms with E-state index >= 15 is 0 Å². The van der Waals surface area contributed by atoms with Gasteiger partial charge in [-0.3, -0.25) is 4.79 Å². The van der Waals surface area contributed by atoms with Gasteiger partial charge in [0.1, 0.15) is 6.54 Å². The molecule has 0 aliphatic carbocycles. The molecule has 0 fully saturated rings. The van der Waals surface area contributed by atoms with Crippen LogP contribution < -0.4 is 19.7 Å². The van der Waals surface area contributed by atoms with Crippen molar-refractivity contribution in [1.82, 2.24) is 0 Å². The van der Waals surface area contributed by atoms with E-state index < -0.39 is 0 Å². The summed E-state index contributed by atoms with van der Waals surface area (Å²) in [7, 11) is 5.26. The number of carbonyl (C=O) groups is 1. The van der Waals surface area contributed by atoms with E-state index in [1.165, 1.54) is 0 Å². The second-order valence-corrected chi connectivity index (χ2v) is 6.99. The van der Waals surface area contributed by atoms with Crippen LogP contribution in [0.3, 0.4) is 0 Å². The fourth-order valence-electron chi connectivity index (χ4n) is 3.21. The van der Waals surface area contributed by atoms with Crippen molar-refractivity contribution in [3.63, 3.8) is 0 Å². The average Bonchev–Trinajstić information content (AvgIpc) is 2.72. The van der Waals surface area contributed by atoms with Crippen LogP contribution in [0, 0.1) is 0 Å². The lowest BCUT2D eigenvalue weighted by molar-refractivity contribution is -0.907. The molecular formula is C23H27N2O3+. The molecule has 3 aromatic carbocycles. The Balaban J connectivity index is 1.66. The molecule has 0 aliphatic heterocycles. The summed E-state index contributed by atoms with van der Waals surface area (Å²) in [5, 5.41) is 5.30. The number of quaternary nitrogens is 1. The van der Waals surface area contributed by atoms with E-state index in [1.807, 2.05) is 68.6 Å². The van der Waals surface area contributed by atoms with Crippen LogP contribution in [-0.2, 0) is 11.3 Å². The smallest absolute Gasteiger partial charge is 0.282 e. The molecule has 0 saturated carbocycles. The van der Waals surface area contributed by atoms with Crippen molar-refractivity contribution >= 4 is 22.4 Å². The fraction of sp³-hybridized carbons (Fsp3) is 0.261. The monoisotopic (exact) mass is 379 g/mol. The average molecular weight is 379 g/mol. The van der Waals surface area contributed by atoms with Crippen molar-refractivity contribution in [3.8, 4) is 11.5 Å². The van der Waals surface area contributed by atoms with Crippen LogP contribution in [0.5, 0.6) is 11.5 Å².